The fourth-order valence-electron chi connectivity index (χ4n) is 4.72. The molecule has 4 N–H and O–H groups in total. The lowest BCUT2D eigenvalue weighted by Crippen LogP contribution is -2.55. The molecule has 11 heteroatoms. The molecule has 0 saturated carbocycles. The Balaban J connectivity index is 2.58. The Kier molecular flexibility index (Phi) is 14.2. The van der Waals surface area contributed by atoms with Crippen molar-refractivity contribution in [2.24, 2.45) is 5.73 Å². The molecular formula is C35H50N4O7. The standard InChI is InChI=1S/C35H50N4O7/c1-8-9-16-21-39(31(42)26(23-28(36)40)38-33(44)46-35(5,6)7)29(25-19-14-11-15-20-25)30(41)37-27(32(43)45-34(2,3)4)22-24-17-12-10-13-18-24/h10-15,17-20,26-27,29H,8-9,16,21-23H2,1-7H3,(H2,36,40)(H,37,41)(H,38,44). The first kappa shape index (κ1) is 37.8. The average molecular weight is 639 g/mol. The second-order valence-electron chi connectivity index (χ2n) is 13.2. The van der Waals surface area contributed by atoms with Crippen molar-refractivity contribution in [1.82, 2.24) is 15.5 Å². The van der Waals surface area contributed by atoms with Gasteiger partial charge in [0.1, 0.15) is 29.3 Å². The van der Waals surface area contributed by atoms with Gasteiger partial charge in [-0.15, -0.1) is 0 Å². The molecular weight excluding hydrogens is 588 g/mol. The van der Waals surface area contributed by atoms with Gasteiger partial charge in [0.25, 0.3) is 0 Å². The van der Waals surface area contributed by atoms with Crippen LogP contribution in [0.25, 0.3) is 0 Å². The Hall–Kier alpha value is -4.41. The molecule has 2 aromatic carbocycles. The number of benzene rings is 2. The van der Waals surface area contributed by atoms with E-state index in [2.05, 4.69) is 10.6 Å². The molecule has 252 valence electrons. The zero-order chi connectivity index (χ0) is 34.5. The van der Waals surface area contributed by atoms with Crippen molar-refractivity contribution in [2.45, 2.75) is 110 Å². The quantitative estimate of drug-likeness (QED) is 0.190. The van der Waals surface area contributed by atoms with Gasteiger partial charge in [-0.05, 0) is 59.1 Å². The largest absolute Gasteiger partial charge is 0.458 e. The molecule has 0 radical (unpaired) electrons. The van der Waals surface area contributed by atoms with Crippen LogP contribution < -0.4 is 16.4 Å². The van der Waals surface area contributed by atoms with Gasteiger partial charge >= 0.3 is 12.1 Å². The summed E-state index contributed by atoms with van der Waals surface area (Å²) in [5.74, 6) is -2.77. The number of amides is 4. The van der Waals surface area contributed by atoms with E-state index in [1.165, 1.54) is 4.90 Å². The van der Waals surface area contributed by atoms with Crippen LogP contribution in [0.5, 0.6) is 0 Å². The summed E-state index contributed by atoms with van der Waals surface area (Å²) in [4.78, 5) is 68.1. The number of hydrogen-bond donors (Lipinski definition) is 3. The monoisotopic (exact) mass is 638 g/mol. The number of nitrogens with two attached hydrogens (primary N) is 1. The number of ether oxygens (including phenoxy) is 2. The van der Waals surface area contributed by atoms with Crippen molar-refractivity contribution < 1.29 is 33.4 Å². The lowest BCUT2D eigenvalue weighted by atomic mass is 10.00. The Bertz CT molecular complexity index is 1300. The molecule has 0 spiro atoms. The van der Waals surface area contributed by atoms with Crippen LogP contribution in [-0.4, -0.2) is 64.5 Å². The van der Waals surface area contributed by atoms with E-state index in [1.807, 2.05) is 37.3 Å². The third-order valence-corrected chi connectivity index (χ3v) is 6.65. The van der Waals surface area contributed by atoms with Crippen LogP contribution in [0.15, 0.2) is 60.7 Å². The molecule has 0 fully saturated rings. The fraction of sp³-hybridized carbons (Fsp3) is 0.514. The minimum absolute atomic E-state index is 0.126. The molecule has 2 aromatic rings. The summed E-state index contributed by atoms with van der Waals surface area (Å²) < 4.78 is 11.0. The van der Waals surface area contributed by atoms with Crippen molar-refractivity contribution in [3.8, 4) is 0 Å². The molecule has 46 heavy (non-hydrogen) atoms. The van der Waals surface area contributed by atoms with E-state index in [4.69, 9.17) is 15.2 Å². The van der Waals surface area contributed by atoms with Gasteiger partial charge in [-0.1, -0.05) is 80.4 Å². The molecule has 0 aromatic heterocycles. The summed E-state index contributed by atoms with van der Waals surface area (Å²) in [5, 5.41) is 5.33. The SMILES string of the molecule is CCCCCN(C(=O)C(CC(N)=O)NC(=O)OC(C)(C)C)C(C(=O)NC(Cc1ccccc1)C(=O)OC(C)(C)C)c1ccccc1. The Labute approximate surface area is 272 Å². The average Bonchev–Trinajstić information content (AvgIpc) is 2.94. The molecule has 0 aliphatic carbocycles. The second kappa shape index (κ2) is 17.3. The normalized spacial score (nSPS) is 13.5. The van der Waals surface area contributed by atoms with Crippen LogP contribution in [0, 0.1) is 0 Å². The van der Waals surface area contributed by atoms with Crippen molar-refractivity contribution in [1.29, 1.82) is 0 Å². The number of alkyl carbamates (subject to hydrolysis) is 1. The predicted octanol–water partition coefficient (Wildman–Crippen LogP) is 4.58. The Morgan fingerprint density at radius 3 is 1.87 bits per heavy atom. The maximum Gasteiger partial charge on any atom is 0.408 e. The number of carbonyl (C=O) groups is 5. The highest BCUT2D eigenvalue weighted by Gasteiger charge is 2.38. The topological polar surface area (TPSA) is 157 Å². The van der Waals surface area contributed by atoms with E-state index in [0.717, 1.165) is 18.4 Å². The molecule has 0 aliphatic heterocycles. The van der Waals surface area contributed by atoms with Crippen LogP contribution in [0.2, 0.25) is 0 Å². The molecule has 4 amide bonds. The van der Waals surface area contributed by atoms with E-state index in [1.54, 1.807) is 71.9 Å². The fourth-order valence-corrected chi connectivity index (χ4v) is 4.72. The zero-order valence-corrected chi connectivity index (χ0v) is 28.1. The smallest absolute Gasteiger partial charge is 0.408 e. The number of unbranched alkanes of at least 4 members (excludes halogenated alkanes) is 2. The van der Waals surface area contributed by atoms with Gasteiger partial charge in [0.2, 0.25) is 17.7 Å². The first-order chi connectivity index (χ1) is 21.5. The Morgan fingerprint density at radius 1 is 0.783 bits per heavy atom. The third kappa shape index (κ3) is 13.3. The number of nitrogens with one attached hydrogen (secondary N) is 2. The van der Waals surface area contributed by atoms with Crippen molar-refractivity contribution in [3.63, 3.8) is 0 Å². The molecule has 0 bridgehead atoms. The van der Waals surface area contributed by atoms with Crippen LogP contribution in [-0.2, 0) is 35.1 Å². The molecule has 0 heterocycles. The molecule has 0 aliphatic rings. The number of esters is 1. The lowest BCUT2D eigenvalue weighted by Gasteiger charge is -2.35. The minimum Gasteiger partial charge on any atom is -0.458 e. The number of primary amides is 1. The van der Waals surface area contributed by atoms with Gasteiger partial charge in [0.15, 0.2) is 0 Å². The highest BCUT2D eigenvalue weighted by Crippen LogP contribution is 2.25. The number of hydrogen-bond acceptors (Lipinski definition) is 7. The maximum absolute atomic E-state index is 14.3. The first-order valence-corrected chi connectivity index (χ1v) is 15.7. The summed E-state index contributed by atoms with van der Waals surface area (Å²) in [7, 11) is 0. The summed E-state index contributed by atoms with van der Waals surface area (Å²) in [6, 6.07) is 14.2. The zero-order valence-electron chi connectivity index (χ0n) is 28.1. The van der Waals surface area contributed by atoms with Crippen molar-refractivity contribution >= 4 is 29.8 Å². The molecule has 11 nitrogen and oxygen atoms in total. The van der Waals surface area contributed by atoms with E-state index in [9.17, 15) is 24.0 Å². The van der Waals surface area contributed by atoms with Gasteiger partial charge in [-0.25, -0.2) is 9.59 Å². The van der Waals surface area contributed by atoms with E-state index < -0.39 is 65.5 Å². The Morgan fingerprint density at radius 2 is 1.35 bits per heavy atom. The van der Waals surface area contributed by atoms with E-state index >= 15 is 0 Å². The molecule has 3 atom stereocenters. The molecule has 3 unspecified atom stereocenters. The van der Waals surface area contributed by atoms with Crippen molar-refractivity contribution in [2.75, 3.05) is 6.54 Å². The highest BCUT2D eigenvalue weighted by molar-refractivity contribution is 5.95. The van der Waals surface area contributed by atoms with Crippen LogP contribution >= 0.6 is 0 Å². The van der Waals surface area contributed by atoms with Crippen LogP contribution in [0.4, 0.5) is 4.79 Å². The summed E-state index contributed by atoms with van der Waals surface area (Å²) in [6.45, 7) is 12.4. The van der Waals surface area contributed by atoms with Gasteiger partial charge in [0, 0.05) is 13.0 Å². The number of nitrogens with zero attached hydrogens (tertiary/aromatic N) is 1. The van der Waals surface area contributed by atoms with Gasteiger partial charge < -0.3 is 30.7 Å². The van der Waals surface area contributed by atoms with Gasteiger partial charge in [0.05, 0.1) is 6.42 Å². The van der Waals surface area contributed by atoms with Crippen LogP contribution in [0.1, 0.15) is 91.3 Å². The summed E-state index contributed by atoms with van der Waals surface area (Å²) >= 11 is 0. The summed E-state index contributed by atoms with van der Waals surface area (Å²) in [5.41, 5.74) is 5.09. The number of rotatable bonds is 15. The lowest BCUT2D eigenvalue weighted by molar-refractivity contribution is -0.159. The second-order valence-corrected chi connectivity index (χ2v) is 13.2. The van der Waals surface area contributed by atoms with E-state index in [0.29, 0.717) is 12.0 Å². The number of carbonyl (C=O) groups excluding carboxylic acids is 5. The van der Waals surface area contributed by atoms with E-state index in [-0.39, 0.29) is 13.0 Å². The third-order valence-electron chi connectivity index (χ3n) is 6.65. The molecule has 2 rings (SSSR count). The van der Waals surface area contributed by atoms with Crippen LogP contribution in [0.3, 0.4) is 0 Å². The predicted molar refractivity (Wildman–Crippen MR) is 175 cm³/mol. The van der Waals surface area contributed by atoms with Gasteiger partial charge in [-0.3, -0.25) is 14.4 Å². The van der Waals surface area contributed by atoms with Crippen molar-refractivity contribution in [3.05, 3.63) is 71.8 Å². The van der Waals surface area contributed by atoms with Gasteiger partial charge in [-0.2, -0.15) is 0 Å². The highest BCUT2D eigenvalue weighted by atomic mass is 16.6. The first-order valence-electron chi connectivity index (χ1n) is 15.7. The molecule has 0 saturated heterocycles. The maximum atomic E-state index is 14.3. The minimum atomic E-state index is -1.40. The summed E-state index contributed by atoms with van der Waals surface area (Å²) in [6.07, 6.45) is 0.851.